The molecule has 0 saturated carbocycles. The van der Waals surface area contributed by atoms with Gasteiger partial charge in [0.15, 0.2) is 5.82 Å². The molecular formula is C22H25FN6O4. The van der Waals surface area contributed by atoms with Crippen LogP contribution >= 0.6 is 0 Å². The summed E-state index contributed by atoms with van der Waals surface area (Å²) >= 11 is 0. The van der Waals surface area contributed by atoms with E-state index in [-0.39, 0.29) is 24.5 Å². The molecule has 0 radical (unpaired) electrons. The zero-order valence-corrected chi connectivity index (χ0v) is 18.6. The summed E-state index contributed by atoms with van der Waals surface area (Å²) in [7, 11) is 0. The van der Waals surface area contributed by atoms with Gasteiger partial charge in [0, 0.05) is 19.6 Å². The van der Waals surface area contributed by atoms with Crippen molar-refractivity contribution in [3.8, 4) is 5.75 Å². The van der Waals surface area contributed by atoms with Crippen molar-refractivity contribution in [1.29, 1.82) is 0 Å². The van der Waals surface area contributed by atoms with Crippen LogP contribution in [0.15, 0.2) is 33.6 Å². The number of nitrogens with one attached hydrogen (secondary N) is 1. The Hall–Kier alpha value is -3.60. The number of carbonyl (C=O) groups is 1. The van der Waals surface area contributed by atoms with Gasteiger partial charge in [0.1, 0.15) is 11.6 Å². The maximum Gasteiger partial charge on any atom is 0.296 e. The molecule has 1 aliphatic rings. The van der Waals surface area contributed by atoms with Crippen molar-refractivity contribution in [3.63, 3.8) is 0 Å². The number of benzene rings is 1. The highest BCUT2D eigenvalue weighted by Crippen LogP contribution is 2.31. The van der Waals surface area contributed by atoms with Crippen molar-refractivity contribution >= 4 is 5.91 Å². The lowest BCUT2D eigenvalue weighted by Crippen LogP contribution is -2.52. The van der Waals surface area contributed by atoms with Crippen molar-refractivity contribution in [2.75, 3.05) is 6.54 Å². The molecule has 10 nitrogen and oxygen atoms in total. The minimum atomic E-state index is -0.702. The Kier molecular flexibility index (Phi) is 5.98. The lowest BCUT2D eigenvalue weighted by atomic mass is 9.98. The number of carbonyl (C=O) groups excluding carboxylic acids is 1. The van der Waals surface area contributed by atoms with Gasteiger partial charge in [-0.1, -0.05) is 17.3 Å². The summed E-state index contributed by atoms with van der Waals surface area (Å²) in [5, 5.41) is 16.9. The second-order valence-electron chi connectivity index (χ2n) is 8.48. The van der Waals surface area contributed by atoms with Crippen molar-refractivity contribution < 1.29 is 18.8 Å². The van der Waals surface area contributed by atoms with Crippen molar-refractivity contribution in [2.24, 2.45) is 0 Å². The van der Waals surface area contributed by atoms with E-state index >= 15 is 0 Å². The Labute approximate surface area is 189 Å². The standard InChI is InChI=1S/C22H25FN6O4/c1-13-25-18(33-27-13)12-28-8-9-29-20(32)19(31)16(26-21(29)22(28,2)3)10-17(30)24-11-14-4-6-15(23)7-5-14/h4-7,31H,8-12H2,1-3H3,(H,24,30). The summed E-state index contributed by atoms with van der Waals surface area (Å²) in [6.07, 6.45) is -0.269. The van der Waals surface area contributed by atoms with E-state index in [9.17, 15) is 19.1 Å². The number of fused-ring (bicyclic) bond motifs is 1. The van der Waals surface area contributed by atoms with Crippen LogP contribution in [0.2, 0.25) is 0 Å². The van der Waals surface area contributed by atoms with Crippen LogP contribution in [0.1, 0.15) is 42.6 Å². The van der Waals surface area contributed by atoms with E-state index in [0.717, 1.165) is 5.56 Å². The van der Waals surface area contributed by atoms with Gasteiger partial charge in [-0.2, -0.15) is 4.98 Å². The molecule has 33 heavy (non-hydrogen) atoms. The maximum absolute atomic E-state index is 13.0. The lowest BCUT2D eigenvalue weighted by molar-refractivity contribution is -0.120. The van der Waals surface area contributed by atoms with Crippen LogP contribution in [0.3, 0.4) is 0 Å². The number of aromatic hydroxyl groups is 1. The summed E-state index contributed by atoms with van der Waals surface area (Å²) in [6.45, 7) is 6.94. The first-order chi connectivity index (χ1) is 15.6. The first-order valence-corrected chi connectivity index (χ1v) is 10.5. The number of aryl methyl sites for hydroxylation is 1. The number of halogens is 1. The fourth-order valence-corrected chi connectivity index (χ4v) is 3.89. The van der Waals surface area contributed by atoms with Gasteiger partial charge in [-0.25, -0.2) is 9.37 Å². The first kappa shape index (κ1) is 22.6. The molecule has 11 heteroatoms. The van der Waals surface area contributed by atoms with Crippen LogP contribution < -0.4 is 10.9 Å². The van der Waals surface area contributed by atoms with Gasteiger partial charge in [0.05, 0.1) is 24.2 Å². The quantitative estimate of drug-likeness (QED) is 0.570. The molecule has 0 bridgehead atoms. The van der Waals surface area contributed by atoms with Crippen molar-refractivity contribution in [3.05, 3.63) is 69.2 Å². The summed E-state index contributed by atoms with van der Waals surface area (Å²) in [6, 6.07) is 5.75. The molecule has 1 amide bonds. The molecule has 3 heterocycles. The zero-order chi connectivity index (χ0) is 23.8. The Morgan fingerprint density at radius 3 is 2.64 bits per heavy atom. The van der Waals surface area contributed by atoms with Gasteiger partial charge in [-0.05, 0) is 38.5 Å². The summed E-state index contributed by atoms with van der Waals surface area (Å²) in [5.74, 6) is 0.114. The molecule has 4 rings (SSSR count). The monoisotopic (exact) mass is 456 g/mol. The molecule has 1 aliphatic heterocycles. The highest BCUT2D eigenvalue weighted by molar-refractivity contribution is 5.78. The second-order valence-corrected chi connectivity index (χ2v) is 8.48. The smallest absolute Gasteiger partial charge is 0.296 e. The van der Waals surface area contributed by atoms with E-state index in [2.05, 4.69) is 25.3 Å². The second kappa shape index (κ2) is 8.74. The van der Waals surface area contributed by atoms with Crippen LogP contribution in [0.4, 0.5) is 4.39 Å². The molecular weight excluding hydrogens is 431 g/mol. The Morgan fingerprint density at radius 1 is 1.24 bits per heavy atom. The number of amides is 1. The molecule has 0 atom stereocenters. The summed E-state index contributed by atoms with van der Waals surface area (Å²) < 4.78 is 19.7. The summed E-state index contributed by atoms with van der Waals surface area (Å²) in [5.41, 5.74) is -0.554. The van der Waals surface area contributed by atoms with E-state index in [4.69, 9.17) is 4.52 Å². The number of nitrogens with zero attached hydrogens (tertiary/aromatic N) is 5. The Balaban J connectivity index is 1.54. The Morgan fingerprint density at radius 2 is 1.97 bits per heavy atom. The van der Waals surface area contributed by atoms with Gasteiger partial charge >= 0.3 is 0 Å². The Bertz CT molecular complexity index is 1230. The van der Waals surface area contributed by atoms with E-state index in [1.165, 1.54) is 16.7 Å². The molecule has 0 fully saturated rings. The van der Waals surface area contributed by atoms with Crippen LogP contribution in [-0.4, -0.2) is 42.2 Å². The molecule has 0 aliphatic carbocycles. The molecule has 0 spiro atoms. The number of hydrogen-bond acceptors (Lipinski definition) is 8. The van der Waals surface area contributed by atoms with Gasteiger partial charge in [-0.15, -0.1) is 0 Å². The van der Waals surface area contributed by atoms with Crippen LogP contribution in [0, 0.1) is 12.7 Å². The van der Waals surface area contributed by atoms with Crippen LogP contribution in [0.5, 0.6) is 5.75 Å². The van der Waals surface area contributed by atoms with E-state index in [1.807, 2.05) is 13.8 Å². The fourth-order valence-electron chi connectivity index (χ4n) is 3.89. The van der Waals surface area contributed by atoms with E-state index < -0.39 is 22.8 Å². The number of rotatable bonds is 6. The van der Waals surface area contributed by atoms with E-state index in [0.29, 0.717) is 37.2 Å². The number of hydrogen-bond donors (Lipinski definition) is 2. The van der Waals surface area contributed by atoms with Gasteiger partial charge in [0.2, 0.25) is 17.5 Å². The van der Waals surface area contributed by atoms with Crippen molar-refractivity contribution in [1.82, 2.24) is 29.9 Å². The molecule has 0 unspecified atom stereocenters. The minimum absolute atomic E-state index is 0.00594. The number of aromatic nitrogens is 4. The molecule has 3 aromatic rings. The molecule has 1 aromatic carbocycles. The largest absolute Gasteiger partial charge is 0.502 e. The lowest BCUT2D eigenvalue weighted by Gasteiger charge is -2.42. The van der Waals surface area contributed by atoms with Gasteiger partial charge in [-0.3, -0.25) is 19.1 Å². The predicted octanol–water partition coefficient (Wildman–Crippen LogP) is 1.39. The predicted molar refractivity (Wildman–Crippen MR) is 115 cm³/mol. The topological polar surface area (TPSA) is 126 Å². The van der Waals surface area contributed by atoms with Crippen LogP contribution in [0.25, 0.3) is 0 Å². The molecule has 174 valence electrons. The third kappa shape index (κ3) is 4.63. The van der Waals surface area contributed by atoms with Crippen molar-refractivity contribution in [2.45, 2.75) is 52.4 Å². The average molecular weight is 456 g/mol. The SMILES string of the molecule is Cc1noc(CN2CCn3c(nc(CC(=O)NCc4ccc(F)cc4)c(O)c3=O)C2(C)C)n1. The zero-order valence-electron chi connectivity index (χ0n) is 18.6. The molecule has 2 aromatic heterocycles. The van der Waals surface area contributed by atoms with Crippen LogP contribution in [-0.2, 0) is 36.4 Å². The minimum Gasteiger partial charge on any atom is -0.502 e. The van der Waals surface area contributed by atoms with Gasteiger partial charge in [0.25, 0.3) is 5.56 Å². The molecule has 2 N–H and O–H groups in total. The van der Waals surface area contributed by atoms with Gasteiger partial charge < -0.3 is 14.9 Å². The molecule has 0 saturated heterocycles. The third-order valence-electron chi connectivity index (χ3n) is 5.78. The van der Waals surface area contributed by atoms with E-state index in [1.54, 1.807) is 19.1 Å². The highest BCUT2D eigenvalue weighted by Gasteiger charge is 2.39. The normalized spacial score (nSPS) is 15.3. The fraction of sp³-hybridized carbons (Fsp3) is 0.409. The maximum atomic E-state index is 13.0. The first-order valence-electron chi connectivity index (χ1n) is 10.5. The highest BCUT2D eigenvalue weighted by atomic mass is 19.1. The summed E-state index contributed by atoms with van der Waals surface area (Å²) in [4.78, 5) is 36.1. The average Bonchev–Trinajstić information content (AvgIpc) is 3.18. The third-order valence-corrected chi connectivity index (χ3v) is 5.78.